The predicted molar refractivity (Wildman–Crippen MR) is 61.9 cm³/mol. The maximum absolute atomic E-state index is 11.6. The van der Waals surface area contributed by atoms with E-state index in [1.54, 1.807) is 17.1 Å². The van der Waals surface area contributed by atoms with Gasteiger partial charge < -0.3 is 21.4 Å². The van der Waals surface area contributed by atoms with Crippen LogP contribution in [0.5, 0.6) is 0 Å². The second-order valence-electron chi connectivity index (χ2n) is 3.54. The summed E-state index contributed by atoms with van der Waals surface area (Å²) in [5, 5.41) is 2.79. The van der Waals surface area contributed by atoms with Crippen molar-refractivity contribution in [2.24, 2.45) is 11.5 Å². The fourth-order valence-corrected chi connectivity index (χ4v) is 1.31. The second-order valence-corrected chi connectivity index (χ2v) is 3.54. The number of amides is 1. The Morgan fingerprint density at radius 3 is 2.88 bits per heavy atom. The molecule has 0 aliphatic carbocycles. The van der Waals surface area contributed by atoms with Crippen LogP contribution >= 0.6 is 0 Å². The number of unbranched alkanes of at least 4 members (excludes halogenated alkanes) is 1. The monoisotopic (exact) mass is 225 g/mol. The molecule has 0 aromatic carbocycles. The van der Waals surface area contributed by atoms with E-state index in [-0.39, 0.29) is 5.91 Å². The number of hydrogen-bond acceptors (Lipinski definition) is 4. The van der Waals surface area contributed by atoms with E-state index in [9.17, 15) is 4.79 Å². The average molecular weight is 225 g/mol. The molecule has 1 rings (SSSR count). The Bertz CT molecular complexity index is 323. The van der Waals surface area contributed by atoms with Crippen LogP contribution in [0.3, 0.4) is 0 Å². The van der Waals surface area contributed by atoms with Gasteiger partial charge in [-0.2, -0.15) is 0 Å². The number of imidazole rings is 1. The molecule has 0 spiro atoms. The summed E-state index contributed by atoms with van der Waals surface area (Å²) in [5.74, 6) is -0.146. The lowest BCUT2D eigenvalue weighted by molar-refractivity contribution is 0.0948. The quantitative estimate of drug-likeness (QED) is 0.535. The second kappa shape index (κ2) is 6.97. The number of nitrogens with two attached hydrogens (primary N) is 2. The fraction of sp³-hybridized carbons (Fsp3) is 0.600. The molecule has 0 aliphatic rings. The van der Waals surface area contributed by atoms with Crippen molar-refractivity contribution in [3.05, 3.63) is 18.2 Å². The van der Waals surface area contributed by atoms with Gasteiger partial charge >= 0.3 is 0 Å². The lowest BCUT2D eigenvalue weighted by Gasteiger charge is -2.01. The van der Waals surface area contributed by atoms with Gasteiger partial charge in [0.05, 0.1) is 6.33 Å². The van der Waals surface area contributed by atoms with Gasteiger partial charge in [0.15, 0.2) is 0 Å². The van der Waals surface area contributed by atoms with E-state index in [2.05, 4.69) is 10.3 Å². The molecule has 1 aromatic heterocycles. The molecule has 1 amide bonds. The Hall–Kier alpha value is -1.40. The number of aromatic nitrogens is 2. The molecule has 16 heavy (non-hydrogen) atoms. The van der Waals surface area contributed by atoms with Crippen molar-refractivity contribution in [3.63, 3.8) is 0 Å². The summed E-state index contributed by atoms with van der Waals surface area (Å²) in [5.41, 5.74) is 11.2. The molecule has 1 aromatic rings. The molecule has 0 saturated heterocycles. The Labute approximate surface area is 95.0 Å². The van der Waals surface area contributed by atoms with Gasteiger partial charge in [-0.05, 0) is 19.4 Å². The highest BCUT2D eigenvalue weighted by Gasteiger charge is 2.07. The average Bonchev–Trinajstić information content (AvgIpc) is 2.73. The van der Waals surface area contributed by atoms with Gasteiger partial charge in [0, 0.05) is 25.8 Å². The highest BCUT2D eigenvalue weighted by molar-refractivity contribution is 5.91. The third-order valence-electron chi connectivity index (χ3n) is 2.17. The molecule has 0 fully saturated rings. The van der Waals surface area contributed by atoms with Crippen LogP contribution in [0.25, 0.3) is 0 Å². The number of nitrogens with one attached hydrogen (secondary N) is 1. The van der Waals surface area contributed by atoms with Gasteiger partial charge in [0.1, 0.15) is 5.69 Å². The largest absolute Gasteiger partial charge is 0.351 e. The van der Waals surface area contributed by atoms with Crippen LogP contribution < -0.4 is 16.8 Å². The van der Waals surface area contributed by atoms with Crippen LogP contribution in [0.1, 0.15) is 23.3 Å². The van der Waals surface area contributed by atoms with Crippen molar-refractivity contribution in [3.8, 4) is 0 Å². The number of rotatable bonds is 7. The van der Waals surface area contributed by atoms with Crippen LogP contribution in [0, 0.1) is 0 Å². The lowest BCUT2D eigenvalue weighted by Crippen LogP contribution is -2.25. The van der Waals surface area contributed by atoms with Crippen LogP contribution in [0.15, 0.2) is 12.5 Å². The standard InChI is InChI=1S/C10H19N5O/c11-3-1-2-5-13-10(16)9-7-15(6-4-12)8-14-9/h7-8H,1-6,11-12H2,(H,13,16). The third kappa shape index (κ3) is 4.00. The summed E-state index contributed by atoms with van der Waals surface area (Å²) >= 11 is 0. The number of carbonyl (C=O) groups excluding carboxylic acids is 1. The number of hydrogen-bond donors (Lipinski definition) is 3. The first-order valence-corrected chi connectivity index (χ1v) is 5.48. The van der Waals surface area contributed by atoms with Crippen molar-refractivity contribution in [2.45, 2.75) is 19.4 Å². The molecule has 0 radical (unpaired) electrons. The van der Waals surface area contributed by atoms with E-state index >= 15 is 0 Å². The summed E-state index contributed by atoms with van der Waals surface area (Å²) in [6, 6.07) is 0. The number of carbonyl (C=O) groups is 1. The van der Waals surface area contributed by atoms with Crippen molar-refractivity contribution < 1.29 is 4.79 Å². The van der Waals surface area contributed by atoms with Crippen LogP contribution in [-0.2, 0) is 6.54 Å². The van der Waals surface area contributed by atoms with Crippen LogP contribution in [0.4, 0.5) is 0 Å². The molecule has 90 valence electrons. The minimum Gasteiger partial charge on any atom is -0.351 e. The molecular formula is C10H19N5O. The van der Waals surface area contributed by atoms with Gasteiger partial charge in [0.25, 0.3) is 5.91 Å². The summed E-state index contributed by atoms with van der Waals surface area (Å²) < 4.78 is 1.80. The first-order valence-electron chi connectivity index (χ1n) is 5.48. The number of nitrogens with zero attached hydrogens (tertiary/aromatic N) is 2. The summed E-state index contributed by atoms with van der Waals surface area (Å²) in [6.45, 7) is 2.50. The minimum absolute atomic E-state index is 0.146. The van der Waals surface area contributed by atoms with E-state index in [0.29, 0.717) is 31.9 Å². The zero-order valence-corrected chi connectivity index (χ0v) is 9.35. The first-order chi connectivity index (χ1) is 7.77. The maximum atomic E-state index is 11.6. The summed E-state index contributed by atoms with van der Waals surface area (Å²) in [4.78, 5) is 15.6. The van der Waals surface area contributed by atoms with Crippen LogP contribution in [-0.4, -0.2) is 35.1 Å². The summed E-state index contributed by atoms with van der Waals surface area (Å²) in [6.07, 6.45) is 5.13. The van der Waals surface area contributed by atoms with E-state index in [1.165, 1.54) is 0 Å². The van der Waals surface area contributed by atoms with Gasteiger partial charge in [-0.25, -0.2) is 4.98 Å². The highest BCUT2D eigenvalue weighted by atomic mass is 16.1. The van der Waals surface area contributed by atoms with E-state index in [0.717, 1.165) is 12.8 Å². The highest BCUT2D eigenvalue weighted by Crippen LogP contribution is 1.96. The van der Waals surface area contributed by atoms with E-state index < -0.39 is 0 Å². The van der Waals surface area contributed by atoms with Crippen LogP contribution in [0.2, 0.25) is 0 Å². The first kappa shape index (κ1) is 12.7. The third-order valence-corrected chi connectivity index (χ3v) is 2.17. The SMILES string of the molecule is NCCCCNC(=O)c1cn(CCN)cn1. The van der Waals surface area contributed by atoms with Crippen molar-refractivity contribution in [2.75, 3.05) is 19.6 Å². The van der Waals surface area contributed by atoms with Gasteiger partial charge in [-0.3, -0.25) is 4.79 Å². The van der Waals surface area contributed by atoms with E-state index in [4.69, 9.17) is 11.5 Å². The van der Waals surface area contributed by atoms with Crippen molar-refractivity contribution in [1.29, 1.82) is 0 Å². The lowest BCUT2D eigenvalue weighted by atomic mass is 10.3. The molecular weight excluding hydrogens is 206 g/mol. The fourth-order valence-electron chi connectivity index (χ4n) is 1.31. The Kier molecular flexibility index (Phi) is 5.52. The van der Waals surface area contributed by atoms with E-state index in [1.807, 2.05) is 0 Å². The topological polar surface area (TPSA) is 99.0 Å². The van der Waals surface area contributed by atoms with Gasteiger partial charge in [-0.1, -0.05) is 0 Å². The maximum Gasteiger partial charge on any atom is 0.271 e. The molecule has 0 atom stereocenters. The van der Waals surface area contributed by atoms with Gasteiger partial charge in [-0.15, -0.1) is 0 Å². The molecule has 5 N–H and O–H groups in total. The molecule has 1 heterocycles. The Morgan fingerprint density at radius 2 is 2.19 bits per heavy atom. The zero-order chi connectivity index (χ0) is 11.8. The minimum atomic E-state index is -0.146. The summed E-state index contributed by atoms with van der Waals surface area (Å²) in [7, 11) is 0. The zero-order valence-electron chi connectivity index (χ0n) is 9.35. The normalized spacial score (nSPS) is 10.4. The van der Waals surface area contributed by atoms with Crippen molar-refractivity contribution >= 4 is 5.91 Å². The smallest absolute Gasteiger partial charge is 0.271 e. The molecule has 0 aliphatic heterocycles. The molecule has 6 nitrogen and oxygen atoms in total. The molecule has 0 unspecified atom stereocenters. The molecule has 6 heteroatoms. The Morgan fingerprint density at radius 1 is 1.38 bits per heavy atom. The molecule has 0 bridgehead atoms. The molecule has 0 saturated carbocycles. The Balaban J connectivity index is 2.34. The van der Waals surface area contributed by atoms with Crippen molar-refractivity contribution in [1.82, 2.24) is 14.9 Å². The predicted octanol–water partition coefficient (Wildman–Crippen LogP) is -0.689. The van der Waals surface area contributed by atoms with Gasteiger partial charge in [0.2, 0.25) is 0 Å².